The van der Waals surface area contributed by atoms with Crippen molar-refractivity contribution >= 4 is 38.6 Å². The zero-order chi connectivity index (χ0) is 19.6. The zero-order valence-corrected chi connectivity index (χ0v) is 17.6. The molecule has 1 heterocycles. The summed E-state index contributed by atoms with van der Waals surface area (Å²) in [7, 11) is 3.06. The van der Waals surface area contributed by atoms with Crippen LogP contribution in [-0.2, 0) is 16.4 Å². The quantitative estimate of drug-likeness (QED) is 0.816. The second-order valence-electron chi connectivity index (χ2n) is 6.39. The van der Waals surface area contributed by atoms with Crippen molar-refractivity contribution in [1.29, 1.82) is 0 Å². The number of anilines is 2. The summed E-state index contributed by atoms with van der Waals surface area (Å²) < 4.78 is 26.0. The molecule has 0 fully saturated rings. The molecular weight excluding hydrogens is 370 g/mol. The van der Waals surface area contributed by atoms with E-state index < -0.39 is 10.0 Å². The van der Waals surface area contributed by atoms with Crippen molar-refractivity contribution < 1.29 is 13.2 Å². The Morgan fingerprint density at radius 2 is 1.81 bits per heavy atom. The van der Waals surface area contributed by atoms with E-state index >= 15 is 0 Å². The number of thiophene rings is 1. The van der Waals surface area contributed by atoms with Crippen molar-refractivity contribution in [1.82, 2.24) is 4.31 Å². The first kappa shape index (κ1) is 20.4. The molecule has 0 unspecified atom stereocenters. The zero-order valence-electron chi connectivity index (χ0n) is 16.0. The maximum absolute atomic E-state index is 12.7. The Labute approximate surface area is 159 Å². The summed E-state index contributed by atoms with van der Waals surface area (Å²) in [5.74, 6) is -0.236. The monoisotopic (exact) mass is 395 g/mol. The molecule has 142 valence electrons. The van der Waals surface area contributed by atoms with Gasteiger partial charge in [0.1, 0.15) is 0 Å². The van der Waals surface area contributed by atoms with Crippen LogP contribution in [0.4, 0.5) is 11.4 Å². The summed E-state index contributed by atoms with van der Waals surface area (Å²) in [6, 6.07) is 6.62. The van der Waals surface area contributed by atoms with Gasteiger partial charge in [0.05, 0.1) is 21.1 Å². The third-order valence-electron chi connectivity index (χ3n) is 4.04. The average Bonchev–Trinajstić information content (AvgIpc) is 2.95. The fraction of sp³-hybridized carbons (Fsp3) is 0.389. The van der Waals surface area contributed by atoms with Crippen molar-refractivity contribution in [3.8, 4) is 0 Å². The summed E-state index contributed by atoms with van der Waals surface area (Å²) in [5, 5.41) is 2.87. The van der Waals surface area contributed by atoms with E-state index in [4.69, 9.17) is 0 Å². The van der Waals surface area contributed by atoms with Gasteiger partial charge in [-0.05, 0) is 43.2 Å². The summed E-state index contributed by atoms with van der Waals surface area (Å²) in [6.45, 7) is 4.04. The smallest absolute Gasteiger partial charge is 0.265 e. The van der Waals surface area contributed by atoms with E-state index in [-0.39, 0.29) is 10.8 Å². The maximum atomic E-state index is 12.7. The summed E-state index contributed by atoms with van der Waals surface area (Å²) >= 11 is 1.46. The number of benzene rings is 1. The van der Waals surface area contributed by atoms with Gasteiger partial charge in [-0.15, -0.1) is 11.3 Å². The Bertz CT molecular complexity index is 916. The van der Waals surface area contributed by atoms with Gasteiger partial charge in [-0.2, -0.15) is 0 Å². The number of sulfonamides is 1. The molecule has 2 rings (SSSR count). The highest BCUT2D eigenvalue weighted by atomic mass is 32.2. The standard InChI is InChI=1S/C18H25N3O3S2/c1-7-16-12(2)10-17(25-16)18(22)19-14-11-13(26(23,24)21(5)6)8-9-15(14)20(3)4/h8-11H,7H2,1-6H3,(H,19,22). The highest BCUT2D eigenvalue weighted by Gasteiger charge is 2.21. The molecule has 0 atom stereocenters. The number of hydrogen-bond acceptors (Lipinski definition) is 5. The molecule has 0 aliphatic rings. The molecule has 1 amide bonds. The van der Waals surface area contributed by atoms with Crippen LogP contribution in [0.25, 0.3) is 0 Å². The van der Waals surface area contributed by atoms with Crippen LogP contribution < -0.4 is 10.2 Å². The van der Waals surface area contributed by atoms with Gasteiger partial charge in [0.25, 0.3) is 5.91 Å². The lowest BCUT2D eigenvalue weighted by molar-refractivity contribution is 0.103. The molecule has 0 aliphatic heterocycles. The van der Waals surface area contributed by atoms with Crippen LogP contribution in [0.3, 0.4) is 0 Å². The molecule has 6 nitrogen and oxygen atoms in total. The van der Waals surface area contributed by atoms with E-state index in [1.165, 1.54) is 36.4 Å². The highest BCUT2D eigenvalue weighted by Crippen LogP contribution is 2.30. The van der Waals surface area contributed by atoms with Crippen LogP contribution in [0.1, 0.15) is 27.0 Å². The molecule has 0 bridgehead atoms. The number of nitrogens with zero attached hydrogens (tertiary/aromatic N) is 2. The Balaban J connectivity index is 2.44. The lowest BCUT2D eigenvalue weighted by atomic mass is 10.2. The summed E-state index contributed by atoms with van der Waals surface area (Å²) in [4.78, 5) is 16.4. The van der Waals surface area contributed by atoms with Crippen LogP contribution in [0.15, 0.2) is 29.2 Å². The van der Waals surface area contributed by atoms with E-state index in [1.54, 1.807) is 12.1 Å². The number of carbonyl (C=O) groups is 1. The van der Waals surface area contributed by atoms with Crippen LogP contribution in [0, 0.1) is 6.92 Å². The molecule has 8 heteroatoms. The maximum Gasteiger partial charge on any atom is 0.265 e. The van der Waals surface area contributed by atoms with Crippen molar-refractivity contribution in [3.63, 3.8) is 0 Å². The van der Waals surface area contributed by atoms with Crippen molar-refractivity contribution in [3.05, 3.63) is 39.6 Å². The van der Waals surface area contributed by atoms with Gasteiger partial charge in [0.15, 0.2) is 0 Å². The molecular formula is C18H25N3O3S2. The van der Waals surface area contributed by atoms with Gasteiger partial charge < -0.3 is 10.2 Å². The van der Waals surface area contributed by atoms with E-state index in [1.807, 2.05) is 32.0 Å². The Kier molecular flexibility index (Phi) is 6.10. The van der Waals surface area contributed by atoms with E-state index in [0.29, 0.717) is 10.6 Å². The third-order valence-corrected chi connectivity index (χ3v) is 7.23. The first-order valence-electron chi connectivity index (χ1n) is 8.22. The Morgan fingerprint density at radius 1 is 1.15 bits per heavy atom. The number of nitrogens with one attached hydrogen (secondary N) is 1. The normalized spacial score (nSPS) is 11.7. The first-order chi connectivity index (χ1) is 12.1. The van der Waals surface area contributed by atoms with Gasteiger partial charge in [-0.3, -0.25) is 4.79 Å². The predicted molar refractivity (Wildman–Crippen MR) is 108 cm³/mol. The molecule has 0 saturated carbocycles. The van der Waals surface area contributed by atoms with Gasteiger partial charge in [0.2, 0.25) is 10.0 Å². The predicted octanol–water partition coefficient (Wildman–Crippen LogP) is 3.19. The topological polar surface area (TPSA) is 69.7 Å². The molecule has 1 aromatic heterocycles. The van der Waals surface area contributed by atoms with Gasteiger partial charge in [-0.25, -0.2) is 12.7 Å². The molecule has 0 aliphatic carbocycles. The molecule has 2 aromatic rings. The fourth-order valence-electron chi connectivity index (χ4n) is 2.54. The van der Waals surface area contributed by atoms with E-state index in [9.17, 15) is 13.2 Å². The minimum Gasteiger partial charge on any atom is -0.376 e. The molecule has 26 heavy (non-hydrogen) atoms. The van der Waals surface area contributed by atoms with Crippen LogP contribution in [-0.4, -0.2) is 46.8 Å². The van der Waals surface area contributed by atoms with Gasteiger partial charge >= 0.3 is 0 Å². The summed E-state index contributed by atoms with van der Waals surface area (Å²) in [5.41, 5.74) is 2.30. The molecule has 0 spiro atoms. The number of carbonyl (C=O) groups excluding carboxylic acids is 1. The molecule has 1 aromatic carbocycles. The van der Waals surface area contributed by atoms with Gasteiger partial charge in [0, 0.05) is 33.1 Å². The molecule has 0 radical (unpaired) electrons. The molecule has 1 N–H and O–H groups in total. The van der Waals surface area contributed by atoms with Crippen LogP contribution in [0.2, 0.25) is 0 Å². The van der Waals surface area contributed by atoms with Crippen molar-refractivity contribution in [2.75, 3.05) is 38.4 Å². The SMILES string of the molecule is CCc1sc(C(=O)Nc2cc(S(=O)(=O)N(C)C)ccc2N(C)C)cc1C. The molecule has 0 saturated heterocycles. The number of amides is 1. The van der Waals surface area contributed by atoms with Crippen molar-refractivity contribution in [2.24, 2.45) is 0 Å². The van der Waals surface area contributed by atoms with Crippen LogP contribution in [0.5, 0.6) is 0 Å². The first-order valence-corrected chi connectivity index (χ1v) is 10.5. The highest BCUT2D eigenvalue weighted by molar-refractivity contribution is 7.89. The van der Waals surface area contributed by atoms with Gasteiger partial charge in [-0.1, -0.05) is 6.92 Å². The van der Waals surface area contributed by atoms with Crippen LogP contribution >= 0.6 is 11.3 Å². The average molecular weight is 396 g/mol. The number of hydrogen-bond donors (Lipinski definition) is 1. The lowest BCUT2D eigenvalue weighted by Gasteiger charge is -2.20. The lowest BCUT2D eigenvalue weighted by Crippen LogP contribution is -2.23. The fourth-order valence-corrected chi connectivity index (χ4v) is 4.48. The number of aryl methyl sites for hydroxylation is 2. The Hall–Kier alpha value is -1.90. The second kappa shape index (κ2) is 7.77. The summed E-state index contributed by atoms with van der Waals surface area (Å²) in [6.07, 6.45) is 0.878. The number of rotatable bonds is 6. The third kappa shape index (κ3) is 4.08. The van der Waals surface area contributed by atoms with E-state index in [0.717, 1.165) is 22.0 Å². The van der Waals surface area contributed by atoms with Crippen molar-refractivity contribution in [2.45, 2.75) is 25.2 Å². The van der Waals surface area contributed by atoms with E-state index in [2.05, 4.69) is 12.2 Å². The Morgan fingerprint density at radius 3 is 2.31 bits per heavy atom. The second-order valence-corrected chi connectivity index (χ2v) is 9.67. The largest absolute Gasteiger partial charge is 0.376 e. The minimum atomic E-state index is -3.58. The minimum absolute atomic E-state index is 0.139.